The lowest BCUT2D eigenvalue weighted by atomic mass is 10.1. The number of benzene rings is 2. The normalized spacial score (nSPS) is 14.7. The van der Waals surface area contributed by atoms with Crippen molar-refractivity contribution in [2.75, 3.05) is 36.4 Å². The number of carbonyl (C=O) groups is 1. The molecule has 5 nitrogen and oxygen atoms in total. The second kappa shape index (κ2) is 6.75. The van der Waals surface area contributed by atoms with Crippen LogP contribution in [0.5, 0.6) is 0 Å². The SMILES string of the molecule is Cc1cc(C)cc(NC(=O)N2CCN(c3cccc4[nH]ccc34)CC2)c1. The molecule has 3 aromatic rings. The average molecular weight is 348 g/mol. The largest absolute Gasteiger partial charge is 0.367 e. The monoisotopic (exact) mass is 348 g/mol. The van der Waals surface area contributed by atoms with Gasteiger partial charge in [-0.25, -0.2) is 4.79 Å². The minimum Gasteiger partial charge on any atom is -0.367 e. The number of nitrogens with zero attached hydrogens (tertiary/aromatic N) is 2. The number of amides is 2. The molecule has 0 atom stereocenters. The van der Waals surface area contributed by atoms with Crippen molar-refractivity contribution in [1.82, 2.24) is 9.88 Å². The van der Waals surface area contributed by atoms with Gasteiger partial charge in [-0.3, -0.25) is 0 Å². The number of piperazine rings is 1. The summed E-state index contributed by atoms with van der Waals surface area (Å²) in [5.74, 6) is 0. The van der Waals surface area contributed by atoms with E-state index < -0.39 is 0 Å². The summed E-state index contributed by atoms with van der Waals surface area (Å²) in [7, 11) is 0. The number of hydrogen-bond donors (Lipinski definition) is 2. The highest BCUT2D eigenvalue weighted by Gasteiger charge is 2.22. The third-order valence-corrected chi connectivity index (χ3v) is 4.95. The van der Waals surface area contributed by atoms with Gasteiger partial charge in [0.05, 0.1) is 0 Å². The Labute approximate surface area is 153 Å². The van der Waals surface area contributed by atoms with E-state index in [2.05, 4.69) is 45.5 Å². The Morgan fingerprint density at radius 2 is 1.73 bits per heavy atom. The topological polar surface area (TPSA) is 51.4 Å². The first-order chi connectivity index (χ1) is 12.6. The third kappa shape index (κ3) is 3.25. The summed E-state index contributed by atoms with van der Waals surface area (Å²) < 4.78 is 0. The van der Waals surface area contributed by atoms with Gasteiger partial charge < -0.3 is 20.1 Å². The van der Waals surface area contributed by atoms with Crippen LogP contribution < -0.4 is 10.2 Å². The van der Waals surface area contributed by atoms with Gasteiger partial charge in [-0.15, -0.1) is 0 Å². The minimum atomic E-state index is -0.0190. The Morgan fingerprint density at radius 3 is 2.46 bits per heavy atom. The second-order valence-electron chi connectivity index (χ2n) is 7.00. The lowest BCUT2D eigenvalue weighted by Gasteiger charge is -2.36. The summed E-state index contributed by atoms with van der Waals surface area (Å²) in [6.07, 6.45) is 1.97. The molecule has 0 bridgehead atoms. The van der Waals surface area contributed by atoms with Crippen LogP contribution in [-0.2, 0) is 0 Å². The molecule has 0 spiro atoms. The van der Waals surface area contributed by atoms with Gasteiger partial charge in [0, 0.05) is 54.7 Å². The van der Waals surface area contributed by atoms with E-state index in [0.717, 1.165) is 48.5 Å². The van der Waals surface area contributed by atoms with Crippen molar-refractivity contribution in [3.05, 3.63) is 59.8 Å². The molecule has 2 aromatic carbocycles. The van der Waals surface area contributed by atoms with Crippen LogP contribution in [-0.4, -0.2) is 42.1 Å². The van der Waals surface area contributed by atoms with Crippen LogP contribution in [0.25, 0.3) is 10.9 Å². The van der Waals surface area contributed by atoms with E-state index in [9.17, 15) is 4.79 Å². The molecule has 1 saturated heterocycles. The highest BCUT2D eigenvalue weighted by Crippen LogP contribution is 2.27. The van der Waals surface area contributed by atoms with E-state index in [-0.39, 0.29) is 6.03 Å². The lowest BCUT2D eigenvalue weighted by Crippen LogP contribution is -2.50. The Balaban J connectivity index is 1.41. The summed E-state index contributed by atoms with van der Waals surface area (Å²) in [5, 5.41) is 4.27. The van der Waals surface area contributed by atoms with E-state index >= 15 is 0 Å². The zero-order valence-corrected chi connectivity index (χ0v) is 15.2. The van der Waals surface area contributed by atoms with E-state index in [1.807, 2.05) is 37.1 Å². The summed E-state index contributed by atoms with van der Waals surface area (Å²) in [4.78, 5) is 20.1. The number of rotatable bonds is 2. The Bertz CT molecular complexity index is 918. The van der Waals surface area contributed by atoms with Gasteiger partial charge in [0.2, 0.25) is 0 Å². The van der Waals surface area contributed by atoms with Crippen LogP contribution >= 0.6 is 0 Å². The van der Waals surface area contributed by atoms with Crippen LogP contribution in [0.2, 0.25) is 0 Å². The van der Waals surface area contributed by atoms with Gasteiger partial charge >= 0.3 is 6.03 Å². The summed E-state index contributed by atoms with van der Waals surface area (Å²) in [5.41, 5.74) is 5.57. The van der Waals surface area contributed by atoms with Crippen LogP contribution in [0.1, 0.15) is 11.1 Å². The van der Waals surface area contributed by atoms with Gasteiger partial charge in [0.15, 0.2) is 0 Å². The van der Waals surface area contributed by atoms with E-state index in [1.165, 1.54) is 11.1 Å². The molecule has 2 amide bonds. The summed E-state index contributed by atoms with van der Waals surface area (Å²) in [6, 6.07) is 14.5. The number of hydrogen-bond acceptors (Lipinski definition) is 2. The van der Waals surface area contributed by atoms with Crippen molar-refractivity contribution >= 4 is 28.3 Å². The van der Waals surface area contributed by atoms with Crippen molar-refractivity contribution in [3.8, 4) is 0 Å². The maximum atomic E-state index is 12.6. The number of aryl methyl sites for hydroxylation is 2. The van der Waals surface area contributed by atoms with Crippen molar-refractivity contribution in [2.24, 2.45) is 0 Å². The number of aromatic nitrogens is 1. The first-order valence-corrected chi connectivity index (χ1v) is 9.05. The number of urea groups is 1. The first-order valence-electron chi connectivity index (χ1n) is 9.05. The maximum Gasteiger partial charge on any atom is 0.321 e. The Hall–Kier alpha value is -2.95. The molecule has 2 N–H and O–H groups in total. The lowest BCUT2D eigenvalue weighted by molar-refractivity contribution is 0.208. The molecule has 0 aliphatic carbocycles. The number of carbonyl (C=O) groups excluding carboxylic acids is 1. The highest BCUT2D eigenvalue weighted by atomic mass is 16.2. The molecule has 2 heterocycles. The fourth-order valence-electron chi connectivity index (χ4n) is 3.74. The van der Waals surface area contributed by atoms with Crippen molar-refractivity contribution in [2.45, 2.75) is 13.8 Å². The van der Waals surface area contributed by atoms with Crippen LogP contribution in [0.4, 0.5) is 16.2 Å². The molecule has 0 saturated carbocycles. The van der Waals surface area contributed by atoms with Gasteiger partial charge in [0.25, 0.3) is 0 Å². The molecule has 4 rings (SSSR count). The zero-order valence-electron chi connectivity index (χ0n) is 15.2. The predicted octanol–water partition coefficient (Wildman–Crippen LogP) is 4.14. The number of fused-ring (bicyclic) bond motifs is 1. The number of nitrogens with one attached hydrogen (secondary N) is 2. The van der Waals surface area contributed by atoms with E-state index in [0.29, 0.717) is 0 Å². The zero-order chi connectivity index (χ0) is 18.1. The minimum absolute atomic E-state index is 0.0190. The summed E-state index contributed by atoms with van der Waals surface area (Å²) >= 11 is 0. The number of H-pyrrole nitrogens is 1. The van der Waals surface area contributed by atoms with Crippen molar-refractivity contribution in [3.63, 3.8) is 0 Å². The van der Waals surface area contributed by atoms with E-state index in [1.54, 1.807) is 0 Å². The molecule has 26 heavy (non-hydrogen) atoms. The summed E-state index contributed by atoms with van der Waals surface area (Å²) in [6.45, 7) is 7.20. The first kappa shape index (κ1) is 16.5. The van der Waals surface area contributed by atoms with E-state index in [4.69, 9.17) is 0 Å². The molecule has 1 aliphatic rings. The van der Waals surface area contributed by atoms with Gasteiger partial charge in [-0.2, -0.15) is 0 Å². The van der Waals surface area contributed by atoms with Crippen LogP contribution in [0, 0.1) is 13.8 Å². The number of anilines is 2. The molecular formula is C21H24N4O. The molecular weight excluding hydrogens is 324 g/mol. The number of aromatic amines is 1. The molecule has 1 aliphatic heterocycles. The van der Waals surface area contributed by atoms with Crippen molar-refractivity contribution in [1.29, 1.82) is 0 Å². The second-order valence-corrected chi connectivity index (χ2v) is 7.00. The fraction of sp³-hybridized carbons (Fsp3) is 0.286. The quantitative estimate of drug-likeness (QED) is 0.731. The fourth-order valence-corrected chi connectivity index (χ4v) is 3.74. The standard InChI is InChI=1S/C21H24N4O/c1-15-12-16(2)14-17(13-15)23-21(26)25-10-8-24(9-11-25)20-5-3-4-19-18(20)6-7-22-19/h3-7,12-14,22H,8-11H2,1-2H3,(H,23,26). The maximum absolute atomic E-state index is 12.6. The predicted molar refractivity (Wildman–Crippen MR) is 107 cm³/mol. The molecule has 1 fully saturated rings. The van der Waals surface area contributed by atoms with Gasteiger partial charge in [-0.05, 0) is 55.3 Å². The Morgan fingerprint density at radius 1 is 1.00 bits per heavy atom. The van der Waals surface area contributed by atoms with Gasteiger partial charge in [0.1, 0.15) is 0 Å². The Kier molecular flexibility index (Phi) is 4.29. The highest BCUT2D eigenvalue weighted by molar-refractivity contribution is 5.93. The molecule has 1 aromatic heterocycles. The molecule has 0 radical (unpaired) electrons. The smallest absolute Gasteiger partial charge is 0.321 e. The molecule has 5 heteroatoms. The average Bonchev–Trinajstić information content (AvgIpc) is 3.09. The van der Waals surface area contributed by atoms with Crippen molar-refractivity contribution < 1.29 is 4.79 Å². The molecule has 0 unspecified atom stereocenters. The third-order valence-electron chi connectivity index (χ3n) is 4.95. The molecule has 134 valence electrons. The van der Waals surface area contributed by atoms with Crippen LogP contribution in [0.3, 0.4) is 0 Å². The van der Waals surface area contributed by atoms with Crippen LogP contribution in [0.15, 0.2) is 48.7 Å². The van der Waals surface area contributed by atoms with Gasteiger partial charge in [-0.1, -0.05) is 12.1 Å².